The largest absolute Gasteiger partial charge is 0.383 e. The van der Waals surface area contributed by atoms with Gasteiger partial charge < -0.3 is 10.1 Å². The average Bonchev–Trinajstić information content (AvgIpc) is 2.32. The molecule has 0 bridgehead atoms. The molecule has 2 N–H and O–H groups in total. The third-order valence-corrected chi connectivity index (χ3v) is 4.10. The van der Waals surface area contributed by atoms with Crippen molar-refractivity contribution in [3.8, 4) is 0 Å². The Morgan fingerprint density at radius 3 is 2.32 bits per heavy atom. The Labute approximate surface area is 123 Å². The lowest BCUT2D eigenvalue weighted by Gasteiger charge is -2.08. The summed E-state index contributed by atoms with van der Waals surface area (Å²) in [5.74, 6) is 0. The SMILES string of the molecule is COCCNCCNS(=O)(=O)c1cc(Cl)cc(Cl)c1. The highest BCUT2D eigenvalue weighted by molar-refractivity contribution is 7.89. The van der Waals surface area contributed by atoms with Gasteiger partial charge in [-0.3, -0.25) is 0 Å². The molecule has 1 aromatic carbocycles. The van der Waals surface area contributed by atoms with Crippen LogP contribution >= 0.6 is 23.2 Å². The Balaban J connectivity index is 2.51. The van der Waals surface area contributed by atoms with Crippen LogP contribution < -0.4 is 10.0 Å². The molecule has 5 nitrogen and oxygen atoms in total. The van der Waals surface area contributed by atoms with Crippen LogP contribution in [0, 0.1) is 0 Å². The summed E-state index contributed by atoms with van der Waals surface area (Å²) in [6.45, 7) is 2.03. The Bertz CT molecular complexity index is 488. The molecule has 0 aliphatic heterocycles. The van der Waals surface area contributed by atoms with Crippen molar-refractivity contribution in [2.45, 2.75) is 4.90 Å². The molecule has 108 valence electrons. The van der Waals surface area contributed by atoms with Crippen molar-refractivity contribution in [3.05, 3.63) is 28.2 Å². The summed E-state index contributed by atoms with van der Waals surface area (Å²) in [6, 6.07) is 4.19. The van der Waals surface area contributed by atoms with Gasteiger partial charge in [0.1, 0.15) is 0 Å². The quantitative estimate of drug-likeness (QED) is 0.710. The molecule has 0 fully saturated rings. The van der Waals surface area contributed by atoms with Gasteiger partial charge in [0, 0.05) is 36.8 Å². The molecule has 1 aromatic rings. The second kappa shape index (κ2) is 8.04. The number of nitrogens with one attached hydrogen (secondary N) is 2. The number of benzene rings is 1. The van der Waals surface area contributed by atoms with Crippen molar-refractivity contribution in [1.82, 2.24) is 10.0 Å². The zero-order valence-electron chi connectivity index (χ0n) is 10.4. The molecular weight excluding hydrogens is 311 g/mol. The first kappa shape index (κ1) is 16.7. The minimum absolute atomic E-state index is 0.0573. The topological polar surface area (TPSA) is 67.4 Å². The highest BCUT2D eigenvalue weighted by atomic mass is 35.5. The van der Waals surface area contributed by atoms with Gasteiger partial charge in [-0.1, -0.05) is 23.2 Å². The lowest BCUT2D eigenvalue weighted by atomic mass is 10.4. The van der Waals surface area contributed by atoms with E-state index in [1.807, 2.05) is 0 Å². The lowest BCUT2D eigenvalue weighted by molar-refractivity contribution is 0.199. The molecule has 1 rings (SSSR count). The van der Waals surface area contributed by atoms with Crippen molar-refractivity contribution >= 4 is 33.2 Å². The molecule has 0 unspecified atom stereocenters. The van der Waals surface area contributed by atoms with Crippen LogP contribution in [0.5, 0.6) is 0 Å². The summed E-state index contributed by atoms with van der Waals surface area (Å²) >= 11 is 11.5. The Kier molecular flexibility index (Phi) is 7.06. The van der Waals surface area contributed by atoms with E-state index in [1.165, 1.54) is 18.2 Å². The van der Waals surface area contributed by atoms with Crippen molar-refractivity contribution in [1.29, 1.82) is 0 Å². The van der Waals surface area contributed by atoms with Crippen molar-refractivity contribution in [2.75, 3.05) is 33.4 Å². The predicted molar refractivity (Wildman–Crippen MR) is 76.4 cm³/mol. The van der Waals surface area contributed by atoms with Crippen LogP contribution in [0.2, 0.25) is 10.0 Å². The fourth-order valence-electron chi connectivity index (χ4n) is 1.34. The van der Waals surface area contributed by atoms with E-state index in [0.29, 0.717) is 19.7 Å². The Hall–Kier alpha value is -0.370. The fourth-order valence-corrected chi connectivity index (χ4v) is 3.10. The van der Waals surface area contributed by atoms with Crippen LogP contribution in [-0.2, 0) is 14.8 Å². The summed E-state index contributed by atoms with van der Waals surface area (Å²) in [6.07, 6.45) is 0. The standard InChI is InChI=1S/C11H16Cl2N2O3S/c1-18-5-4-14-2-3-15-19(16,17)11-7-9(12)6-10(13)8-11/h6-8,14-15H,2-5H2,1H3. The molecule has 0 saturated heterocycles. The van der Waals surface area contributed by atoms with Crippen LogP contribution in [0.3, 0.4) is 0 Å². The molecule has 0 aliphatic rings. The van der Waals surface area contributed by atoms with Gasteiger partial charge in [0.2, 0.25) is 10.0 Å². The molecule has 0 aromatic heterocycles. The van der Waals surface area contributed by atoms with Gasteiger partial charge in [0.05, 0.1) is 11.5 Å². The third kappa shape index (κ3) is 6.07. The first-order valence-electron chi connectivity index (χ1n) is 5.61. The molecule has 0 saturated carbocycles. The molecular formula is C11H16Cl2N2O3S. The highest BCUT2D eigenvalue weighted by Crippen LogP contribution is 2.21. The number of rotatable bonds is 8. The molecule has 0 aliphatic carbocycles. The summed E-state index contributed by atoms with van der Waals surface area (Å²) in [5, 5.41) is 3.60. The summed E-state index contributed by atoms with van der Waals surface area (Å²) in [4.78, 5) is 0.0573. The smallest absolute Gasteiger partial charge is 0.240 e. The zero-order chi connectivity index (χ0) is 14.3. The van der Waals surface area contributed by atoms with Crippen LogP contribution in [-0.4, -0.2) is 41.8 Å². The fraction of sp³-hybridized carbons (Fsp3) is 0.455. The summed E-state index contributed by atoms with van der Waals surface area (Å²) in [7, 11) is -1.98. The van der Waals surface area contributed by atoms with Crippen LogP contribution in [0.15, 0.2) is 23.1 Å². The monoisotopic (exact) mass is 326 g/mol. The van der Waals surface area contributed by atoms with E-state index < -0.39 is 10.0 Å². The first-order valence-corrected chi connectivity index (χ1v) is 7.85. The molecule has 0 amide bonds. The lowest BCUT2D eigenvalue weighted by Crippen LogP contribution is -2.33. The van der Waals surface area contributed by atoms with Crippen LogP contribution in [0.1, 0.15) is 0 Å². The van der Waals surface area contributed by atoms with Crippen molar-refractivity contribution < 1.29 is 13.2 Å². The molecule has 0 spiro atoms. The number of ether oxygens (including phenoxy) is 1. The van der Waals surface area contributed by atoms with Crippen LogP contribution in [0.25, 0.3) is 0 Å². The van der Waals surface area contributed by atoms with Crippen LogP contribution in [0.4, 0.5) is 0 Å². The van der Waals surface area contributed by atoms with Gasteiger partial charge in [0.25, 0.3) is 0 Å². The molecule has 0 radical (unpaired) electrons. The molecule has 8 heteroatoms. The maximum Gasteiger partial charge on any atom is 0.240 e. The molecule has 19 heavy (non-hydrogen) atoms. The highest BCUT2D eigenvalue weighted by Gasteiger charge is 2.14. The van der Waals surface area contributed by atoms with Gasteiger partial charge in [-0.2, -0.15) is 0 Å². The first-order chi connectivity index (χ1) is 8.95. The van der Waals surface area contributed by atoms with E-state index in [9.17, 15) is 8.42 Å². The van der Waals surface area contributed by atoms with Gasteiger partial charge in [-0.25, -0.2) is 13.1 Å². The van der Waals surface area contributed by atoms with Gasteiger partial charge in [-0.05, 0) is 18.2 Å². The van der Waals surface area contributed by atoms with Crippen molar-refractivity contribution in [2.24, 2.45) is 0 Å². The number of sulfonamides is 1. The maximum absolute atomic E-state index is 11.9. The summed E-state index contributed by atoms with van der Waals surface area (Å²) in [5.41, 5.74) is 0. The second-order valence-electron chi connectivity index (χ2n) is 3.75. The zero-order valence-corrected chi connectivity index (χ0v) is 12.8. The van der Waals surface area contributed by atoms with E-state index >= 15 is 0 Å². The second-order valence-corrected chi connectivity index (χ2v) is 6.39. The predicted octanol–water partition coefficient (Wildman–Crippen LogP) is 1.51. The minimum Gasteiger partial charge on any atom is -0.383 e. The van der Waals surface area contributed by atoms with E-state index in [4.69, 9.17) is 27.9 Å². The summed E-state index contributed by atoms with van der Waals surface area (Å²) < 4.78 is 31.2. The van der Waals surface area contributed by atoms with Gasteiger partial charge >= 0.3 is 0 Å². The third-order valence-electron chi connectivity index (χ3n) is 2.22. The Morgan fingerprint density at radius 2 is 1.74 bits per heavy atom. The van der Waals surface area contributed by atoms with E-state index in [2.05, 4.69) is 10.0 Å². The number of methoxy groups -OCH3 is 1. The maximum atomic E-state index is 11.9. The number of hydrogen-bond acceptors (Lipinski definition) is 4. The number of hydrogen-bond donors (Lipinski definition) is 2. The molecule has 0 atom stereocenters. The molecule has 0 heterocycles. The van der Waals surface area contributed by atoms with Gasteiger partial charge in [-0.15, -0.1) is 0 Å². The minimum atomic E-state index is -3.59. The van der Waals surface area contributed by atoms with E-state index in [1.54, 1.807) is 7.11 Å². The number of halogens is 2. The van der Waals surface area contributed by atoms with Gasteiger partial charge in [0.15, 0.2) is 0 Å². The van der Waals surface area contributed by atoms with Crippen molar-refractivity contribution in [3.63, 3.8) is 0 Å². The van der Waals surface area contributed by atoms with E-state index in [-0.39, 0.29) is 21.5 Å². The average molecular weight is 327 g/mol. The Morgan fingerprint density at radius 1 is 1.11 bits per heavy atom. The van der Waals surface area contributed by atoms with E-state index in [0.717, 1.165) is 0 Å². The normalized spacial score (nSPS) is 11.7.